The summed E-state index contributed by atoms with van der Waals surface area (Å²) in [6.07, 6.45) is 0.0578. The van der Waals surface area contributed by atoms with Crippen molar-refractivity contribution in [3.63, 3.8) is 0 Å². The van der Waals surface area contributed by atoms with Gasteiger partial charge in [-0.2, -0.15) is 0 Å². The molecule has 0 aliphatic rings. The summed E-state index contributed by atoms with van der Waals surface area (Å²) >= 11 is 6.86. The minimum absolute atomic E-state index is 0.0578. The van der Waals surface area contributed by atoms with Crippen LogP contribution in [0.5, 0.6) is 5.75 Å². The third-order valence-corrected chi connectivity index (χ3v) is 3.26. The Morgan fingerprint density at radius 3 is 2.47 bits per heavy atom. The molecule has 0 spiro atoms. The van der Waals surface area contributed by atoms with Gasteiger partial charge in [0.15, 0.2) is 0 Å². The zero-order valence-electron chi connectivity index (χ0n) is 8.84. The molecule has 0 bridgehead atoms. The molecule has 0 aliphatic heterocycles. The highest BCUT2D eigenvalue weighted by Gasteiger charge is 2.14. The minimum Gasteiger partial charge on any atom is -0.488 e. The van der Waals surface area contributed by atoms with E-state index in [4.69, 9.17) is 10.5 Å². The smallest absolute Gasteiger partial charge is 0.134 e. The van der Waals surface area contributed by atoms with Gasteiger partial charge in [0.2, 0.25) is 0 Å². The second-order valence-electron chi connectivity index (χ2n) is 3.71. The Kier molecular flexibility index (Phi) is 5.09. The molecule has 0 fully saturated rings. The molecule has 0 aromatic heterocycles. The maximum absolute atomic E-state index is 5.82. The fraction of sp³-hybridized carbons (Fsp3) is 0.455. The van der Waals surface area contributed by atoms with Gasteiger partial charge in [-0.1, -0.05) is 29.8 Å². The van der Waals surface area contributed by atoms with Crippen molar-refractivity contribution < 1.29 is 4.74 Å². The Balaban J connectivity index is 2.79. The van der Waals surface area contributed by atoms with Crippen LogP contribution < -0.4 is 10.5 Å². The lowest BCUT2D eigenvalue weighted by Gasteiger charge is -2.21. The fourth-order valence-corrected chi connectivity index (χ4v) is 2.33. The van der Waals surface area contributed by atoms with Crippen molar-refractivity contribution >= 4 is 31.9 Å². The molecule has 0 aliphatic carbocycles. The summed E-state index contributed by atoms with van der Waals surface area (Å²) in [5, 5.41) is 0. The van der Waals surface area contributed by atoms with Crippen LogP contribution in [0, 0.1) is 5.92 Å². The van der Waals surface area contributed by atoms with E-state index in [0.717, 1.165) is 14.7 Å². The lowest BCUT2D eigenvalue weighted by Crippen LogP contribution is -2.31. The molecule has 0 heterocycles. The molecule has 1 rings (SSSR count). The van der Waals surface area contributed by atoms with E-state index in [9.17, 15) is 0 Å². The van der Waals surface area contributed by atoms with Crippen LogP contribution in [0.4, 0.5) is 0 Å². The Bertz CT molecular complexity index is 328. The standard InChI is InChI=1S/C11H15Br2NO/c1-7(2)11(6-14)15-10-4-3-8(12)5-9(10)13/h3-5,7,11H,6,14H2,1-2H3. The number of halogens is 2. The Morgan fingerprint density at radius 2 is 2.00 bits per heavy atom. The van der Waals surface area contributed by atoms with Crippen LogP contribution in [0.15, 0.2) is 27.1 Å². The number of hydrogen-bond donors (Lipinski definition) is 1. The van der Waals surface area contributed by atoms with Crippen LogP contribution in [0.2, 0.25) is 0 Å². The summed E-state index contributed by atoms with van der Waals surface area (Å²) < 4.78 is 7.78. The first kappa shape index (κ1) is 13.0. The van der Waals surface area contributed by atoms with E-state index in [1.54, 1.807) is 0 Å². The first-order valence-corrected chi connectivity index (χ1v) is 6.45. The molecule has 0 radical (unpaired) electrons. The number of benzene rings is 1. The first-order valence-electron chi connectivity index (χ1n) is 4.86. The van der Waals surface area contributed by atoms with E-state index in [1.165, 1.54) is 0 Å². The number of hydrogen-bond acceptors (Lipinski definition) is 2. The first-order chi connectivity index (χ1) is 7.04. The van der Waals surface area contributed by atoms with Gasteiger partial charge in [-0.3, -0.25) is 0 Å². The van der Waals surface area contributed by atoms with Gasteiger partial charge >= 0.3 is 0 Å². The molecule has 1 aromatic rings. The molecule has 2 N–H and O–H groups in total. The zero-order chi connectivity index (χ0) is 11.4. The number of ether oxygens (including phenoxy) is 1. The lowest BCUT2D eigenvalue weighted by molar-refractivity contribution is 0.158. The molecule has 1 aromatic carbocycles. The lowest BCUT2D eigenvalue weighted by atomic mass is 10.1. The molecule has 15 heavy (non-hydrogen) atoms. The van der Waals surface area contributed by atoms with E-state index >= 15 is 0 Å². The molecular formula is C11H15Br2NO. The molecule has 0 saturated carbocycles. The fourth-order valence-electron chi connectivity index (χ4n) is 1.19. The third kappa shape index (κ3) is 3.78. The van der Waals surface area contributed by atoms with Crippen molar-refractivity contribution in [1.29, 1.82) is 0 Å². The van der Waals surface area contributed by atoms with Crippen LogP contribution >= 0.6 is 31.9 Å². The van der Waals surface area contributed by atoms with Crippen LogP contribution in [0.1, 0.15) is 13.8 Å². The Labute approximate surface area is 107 Å². The largest absolute Gasteiger partial charge is 0.488 e. The van der Waals surface area contributed by atoms with Crippen molar-refractivity contribution in [1.82, 2.24) is 0 Å². The van der Waals surface area contributed by atoms with Crippen molar-refractivity contribution in [2.75, 3.05) is 6.54 Å². The summed E-state index contributed by atoms with van der Waals surface area (Å²) in [5.41, 5.74) is 5.65. The van der Waals surface area contributed by atoms with Crippen molar-refractivity contribution in [2.45, 2.75) is 20.0 Å². The van der Waals surface area contributed by atoms with Crippen LogP contribution in [-0.4, -0.2) is 12.6 Å². The van der Waals surface area contributed by atoms with E-state index in [1.807, 2.05) is 18.2 Å². The zero-order valence-corrected chi connectivity index (χ0v) is 12.0. The molecule has 4 heteroatoms. The quantitative estimate of drug-likeness (QED) is 0.912. The Morgan fingerprint density at radius 1 is 1.33 bits per heavy atom. The maximum atomic E-state index is 5.82. The topological polar surface area (TPSA) is 35.2 Å². The summed E-state index contributed by atoms with van der Waals surface area (Å²) in [6.45, 7) is 4.73. The predicted octanol–water partition coefficient (Wildman–Crippen LogP) is 3.57. The van der Waals surface area contributed by atoms with Gasteiger partial charge in [-0.05, 0) is 40.0 Å². The SMILES string of the molecule is CC(C)C(CN)Oc1ccc(Br)cc1Br. The normalized spacial score (nSPS) is 12.9. The maximum Gasteiger partial charge on any atom is 0.134 e. The second kappa shape index (κ2) is 5.87. The predicted molar refractivity (Wildman–Crippen MR) is 70.2 cm³/mol. The van der Waals surface area contributed by atoms with E-state index in [-0.39, 0.29) is 6.10 Å². The van der Waals surface area contributed by atoms with E-state index in [0.29, 0.717) is 12.5 Å². The molecule has 1 unspecified atom stereocenters. The van der Waals surface area contributed by atoms with Gasteiger partial charge in [0, 0.05) is 11.0 Å². The monoisotopic (exact) mass is 335 g/mol. The Hall–Kier alpha value is -0.0600. The van der Waals surface area contributed by atoms with Crippen LogP contribution in [0.25, 0.3) is 0 Å². The van der Waals surface area contributed by atoms with Crippen LogP contribution in [0.3, 0.4) is 0 Å². The third-order valence-electron chi connectivity index (χ3n) is 2.15. The molecule has 2 nitrogen and oxygen atoms in total. The average Bonchev–Trinajstić information content (AvgIpc) is 2.16. The van der Waals surface area contributed by atoms with Gasteiger partial charge in [0.1, 0.15) is 11.9 Å². The average molecular weight is 337 g/mol. The van der Waals surface area contributed by atoms with Crippen LogP contribution in [-0.2, 0) is 0 Å². The highest BCUT2D eigenvalue weighted by Crippen LogP contribution is 2.29. The van der Waals surface area contributed by atoms with Gasteiger partial charge in [-0.25, -0.2) is 0 Å². The molecule has 0 amide bonds. The molecule has 0 saturated heterocycles. The van der Waals surface area contributed by atoms with Crippen molar-refractivity contribution in [3.8, 4) is 5.75 Å². The summed E-state index contributed by atoms with van der Waals surface area (Å²) in [7, 11) is 0. The van der Waals surface area contributed by atoms with Gasteiger partial charge in [-0.15, -0.1) is 0 Å². The summed E-state index contributed by atoms with van der Waals surface area (Å²) in [4.78, 5) is 0. The molecule has 1 atom stereocenters. The summed E-state index contributed by atoms with van der Waals surface area (Å²) in [6, 6.07) is 5.84. The highest BCUT2D eigenvalue weighted by molar-refractivity contribution is 9.11. The van der Waals surface area contributed by atoms with Crippen molar-refractivity contribution in [3.05, 3.63) is 27.1 Å². The van der Waals surface area contributed by atoms with E-state index < -0.39 is 0 Å². The molecular weight excluding hydrogens is 322 g/mol. The summed E-state index contributed by atoms with van der Waals surface area (Å²) in [5.74, 6) is 1.24. The van der Waals surface area contributed by atoms with E-state index in [2.05, 4.69) is 45.7 Å². The molecule has 84 valence electrons. The second-order valence-corrected chi connectivity index (χ2v) is 5.48. The van der Waals surface area contributed by atoms with Crippen molar-refractivity contribution in [2.24, 2.45) is 11.7 Å². The number of rotatable bonds is 4. The minimum atomic E-state index is 0.0578. The van der Waals surface area contributed by atoms with Gasteiger partial charge in [0.05, 0.1) is 4.47 Å². The highest BCUT2D eigenvalue weighted by atomic mass is 79.9. The number of nitrogens with two attached hydrogens (primary N) is 1. The van der Waals surface area contributed by atoms with Gasteiger partial charge < -0.3 is 10.5 Å². The van der Waals surface area contributed by atoms with Gasteiger partial charge in [0.25, 0.3) is 0 Å².